The number of hydrogen-bond acceptors (Lipinski definition) is 3. The number of methoxy groups -OCH3 is 1. The van der Waals surface area contributed by atoms with Crippen molar-refractivity contribution in [1.82, 2.24) is 0 Å². The van der Waals surface area contributed by atoms with Gasteiger partial charge in [0.1, 0.15) is 0 Å². The van der Waals surface area contributed by atoms with Gasteiger partial charge in [0.05, 0.1) is 11.5 Å². The van der Waals surface area contributed by atoms with Gasteiger partial charge in [0, 0.05) is 7.11 Å². The van der Waals surface area contributed by atoms with Crippen LogP contribution in [0.2, 0.25) is 0 Å². The average Bonchev–Trinajstić information content (AvgIpc) is 2.20. The van der Waals surface area contributed by atoms with Gasteiger partial charge in [-0.1, -0.05) is 24.3 Å². The van der Waals surface area contributed by atoms with Crippen LogP contribution in [0.5, 0.6) is 0 Å². The predicted molar refractivity (Wildman–Crippen MR) is 58.3 cm³/mol. The molecule has 0 saturated carbocycles. The summed E-state index contributed by atoms with van der Waals surface area (Å²) < 4.78 is 33.8. The van der Waals surface area contributed by atoms with Crippen molar-refractivity contribution in [3.8, 4) is 0 Å². The Balaban J connectivity index is 0.000000336. The molecule has 0 saturated heterocycles. The highest BCUT2D eigenvalue weighted by atomic mass is 32.2. The van der Waals surface area contributed by atoms with Crippen molar-refractivity contribution in [3.05, 3.63) is 43.0 Å². The van der Waals surface area contributed by atoms with Crippen LogP contribution < -0.4 is 0 Å². The van der Waals surface area contributed by atoms with E-state index in [1.807, 2.05) is 0 Å². The second-order valence-electron chi connectivity index (χ2n) is 2.53. The monoisotopic (exact) mass is 230 g/mol. The van der Waals surface area contributed by atoms with Crippen LogP contribution in [0.25, 0.3) is 0 Å². The highest BCUT2D eigenvalue weighted by molar-refractivity contribution is 7.85. The maximum Gasteiger partial charge on any atom is 0.294 e. The molecule has 0 aliphatic carbocycles. The molecule has 0 spiro atoms. The van der Waals surface area contributed by atoms with Gasteiger partial charge in [-0.05, 0) is 12.1 Å². The molecule has 1 rings (SSSR count). The Morgan fingerprint density at radius 1 is 1.40 bits per heavy atom. The molecule has 5 heteroatoms. The Kier molecular flexibility index (Phi) is 6.61. The normalized spacial score (nSPS) is 10.0. The highest BCUT2D eigenvalue weighted by Crippen LogP contribution is 2.05. The maximum absolute atomic E-state index is 10.4. The molecule has 4 nitrogen and oxygen atoms in total. The van der Waals surface area contributed by atoms with Crippen molar-refractivity contribution in [2.75, 3.05) is 13.7 Å². The van der Waals surface area contributed by atoms with E-state index in [0.717, 1.165) is 0 Å². The quantitative estimate of drug-likeness (QED) is 0.634. The lowest BCUT2D eigenvalue weighted by atomic mass is 10.4. The van der Waals surface area contributed by atoms with Gasteiger partial charge in [0.25, 0.3) is 10.1 Å². The lowest BCUT2D eigenvalue weighted by Gasteiger charge is -1.92. The van der Waals surface area contributed by atoms with E-state index >= 15 is 0 Å². The second kappa shape index (κ2) is 7.17. The van der Waals surface area contributed by atoms with E-state index in [1.54, 1.807) is 31.4 Å². The molecule has 84 valence electrons. The number of rotatable bonds is 3. The van der Waals surface area contributed by atoms with Crippen molar-refractivity contribution in [2.24, 2.45) is 0 Å². The third kappa shape index (κ3) is 6.84. The molecular weight excluding hydrogens is 216 g/mol. The third-order valence-corrected chi connectivity index (χ3v) is 2.19. The SMILES string of the molecule is C=CCOC.O=S(=O)(O)c1ccccc1. The van der Waals surface area contributed by atoms with Crippen LogP contribution in [0.3, 0.4) is 0 Å². The summed E-state index contributed by atoms with van der Waals surface area (Å²) in [6.45, 7) is 4.08. The average molecular weight is 230 g/mol. The van der Waals surface area contributed by atoms with Gasteiger partial charge in [0.15, 0.2) is 0 Å². The Hall–Kier alpha value is -1.17. The second-order valence-corrected chi connectivity index (χ2v) is 3.95. The molecule has 15 heavy (non-hydrogen) atoms. The van der Waals surface area contributed by atoms with Crippen LogP contribution in [0.15, 0.2) is 47.9 Å². The Morgan fingerprint density at radius 3 is 2.13 bits per heavy atom. The Bertz CT molecular complexity index is 370. The lowest BCUT2D eigenvalue weighted by Crippen LogP contribution is -1.96. The Morgan fingerprint density at radius 2 is 1.93 bits per heavy atom. The number of ether oxygens (including phenoxy) is 1. The summed E-state index contributed by atoms with van der Waals surface area (Å²) in [6, 6.07) is 7.42. The molecule has 0 heterocycles. The summed E-state index contributed by atoms with van der Waals surface area (Å²) in [5, 5.41) is 0. The smallest absolute Gasteiger partial charge is 0.294 e. The van der Waals surface area contributed by atoms with Gasteiger partial charge in [-0.3, -0.25) is 4.55 Å². The van der Waals surface area contributed by atoms with Gasteiger partial charge in [-0.25, -0.2) is 0 Å². The predicted octanol–water partition coefficient (Wildman–Crippen LogP) is 1.75. The zero-order chi connectivity index (χ0) is 11.7. The first kappa shape index (κ1) is 13.8. The standard InChI is InChI=1S/C6H6O3S.C4H8O/c7-10(8,9)6-4-2-1-3-5-6;1-3-4-5-2/h1-5H,(H,7,8,9);3H,1,4H2,2H3. The minimum absolute atomic E-state index is 0.0741. The van der Waals surface area contributed by atoms with E-state index in [0.29, 0.717) is 6.61 Å². The molecule has 0 amide bonds. The lowest BCUT2D eigenvalue weighted by molar-refractivity contribution is 0.234. The minimum Gasteiger partial charge on any atom is -0.381 e. The van der Waals surface area contributed by atoms with E-state index in [1.165, 1.54) is 12.1 Å². The minimum atomic E-state index is -4.00. The van der Waals surface area contributed by atoms with Gasteiger partial charge < -0.3 is 4.74 Å². The summed E-state index contributed by atoms with van der Waals surface area (Å²) in [7, 11) is -2.36. The van der Waals surface area contributed by atoms with Gasteiger partial charge >= 0.3 is 0 Å². The first-order valence-electron chi connectivity index (χ1n) is 4.14. The molecule has 1 N–H and O–H groups in total. The van der Waals surface area contributed by atoms with Crippen molar-refractivity contribution < 1.29 is 17.7 Å². The fourth-order valence-corrected chi connectivity index (χ4v) is 1.21. The molecule has 0 aliphatic heterocycles. The number of hydrogen-bond donors (Lipinski definition) is 1. The highest BCUT2D eigenvalue weighted by Gasteiger charge is 2.05. The van der Waals surface area contributed by atoms with Crippen LogP contribution in [0.4, 0.5) is 0 Å². The maximum atomic E-state index is 10.4. The van der Waals surface area contributed by atoms with Crippen LogP contribution >= 0.6 is 0 Å². The van der Waals surface area contributed by atoms with Crippen molar-refractivity contribution >= 4 is 10.1 Å². The first-order chi connectivity index (χ1) is 7.02. The van der Waals surface area contributed by atoms with Crippen molar-refractivity contribution in [3.63, 3.8) is 0 Å². The first-order valence-corrected chi connectivity index (χ1v) is 5.58. The summed E-state index contributed by atoms with van der Waals surface area (Å²) in [6.07, 6.45) is 1.71. The van der Waals surface area contributed by atoms with Crippen LogP contribution in [0, 0.1) is 0 Å². The third-order valence-electron chi connectivity index (χ3n) is 1.33. The zero-order valence-corrected chi connectivity index (χ0v) is 9.28. The summed E-state index contributed by atoms with van der Waals surface area (Å²) in [4.78, 5) is -0.0741. The van der Waals surface area contributed by atoms with E-state index in [9.17, 15) is 8.42 Å². The van der Waals surface area contributed by atoms with Crippen LogP contribution in [-0.2, 0) is 14.9 Å². The van der Waals surface area contributed by atoms with Crippen molar-refractivity contribution in [1.29, 1.82) is 0 Å². The molecule has 0 aliphatic rings. The Labute approximate surface area is 89.9 Å². The fraction of sp³-hybridized carbons (Fsp3) is 0.200. The molecule has 0 bridgehead atoms. The molecule has 0 aromatic heterocycles. The summed E-state index contributed by atoms with van der Waals surface area (Å²) in [5.41, 5.74) is 0. The van der Waals surface area contributed by atoms with Gasteiger partial charge in [-0.15, -0.1) is 6.58 Å². The fourth-order valence-electron chi connectivity index (χ4n) is 0.710. The summed E-state index contributed by atoms with van der Waals surface area (Å²) >= 11 is 0. The summed E-state index contributed by atoms with van der Waals surface area (Å²) in [5.74, 6) is 0. The topological polar surface area (TPSA) is 63.6 Å². The van der Waals surface area contributed by atoms with E-state index < -0.39 is 10.1 Å². The molecular formula is C10H14O4S. The van der Waals surface area contributed by atoms with Crippen LogP contribution in [0.1, 0.15) is 0 Å². The molecule has 0 fully saturated rings. The zero-order valence-electron chi connectivity index (χ0n) is 8.46. The molecule has 1 aromatic carbocycles. The molecule has 0 atom stereocenters. The van der Waals surface area contributed by atoms with Crippen molar-refractivity contribution in [2.45, 2.75) is 4.90 Å². The molecule has 0 radical (unpaired) electrons. The largest absolute Gasteiger partial charge is 0.381 e. The molecule has 0 unspecified atom stereocenters. The van der Waals surface area contributed by atoms with Gasteiger partial charge in [-0.2, -0.15) is 8.42 Å². The van der Waals surface area contributed by atoms with E-state index in [2.05, 4.69) is 11.3 Å². The van der Waals surface area contributed by atoms with E-state index in [-0.39, 0.29) is 4.90 Å². The van der Waals surface area contributed by atoms with Crippen LogP contribution in [-0.4, -0.2) is 26.7 Å². The van der Waals surface area contributed by atoms with Gasteiger partial charge in [0.2, 0.25) is 0 Å². The molecule has 1 aromatic rings. The van der Waals surface area contributed by atoms with E-state index in [4.69, 9.17) is 4.55 Å². The number of benzene rings is 1.